The molecule has 0 saturated carbocycles. The van der Waals surface area contributed by atoms with Crippen molar-refractivity contribution in [3.8, 4) is 23.0 Å². The van der Waals surface area contributed by atoms with E-state index >= 15 is 0 Å². The van der Waals surface area contributed by atoms with Crippen molar-refractivity contribution in [2.75, 3.05) is 64.6 Å². The van der Waals surface area contributed by atoms with Crippen LogP contribution in [0.25, 0.3) is 0 Å². The molecule has 0 radical (unpaired) electrons. The lowest BCUT2D eigenvalue weighted by Crippen LogP contribution is -2.50. The smallest absolute Gasteiger partial charge is 0.338 e. The van der Waals surface area contributed by atoms with Gasteiger partial charge in [-0.25, -0.2) is 4.79 Å². The van der Waals surface area contributed by atoms with Gasteiger partial charge in [-0.2, -0.15) is 0 Å². The summed E-state index contributed by atoms with van der Waals surface area (Å²) in [7, 11) is 1.64. The maximum Gasteiger partial charge on any atom is 0.338 e. The van der Waals surface area contributed by atoms with Gasteiger partial charge in [-0.05, 0) is 45.0 Å². The third-order valence-electron chi connectivity index (χ3n) is 5.53. The van der Waals surface area contributed by atoms with Crippen molar-refractivity contribution >= 4 is 17.6 Å². The van der Waals surface area contributed by atoms with E-state index in [9.17, 15) is 9.59 Å². The molecule has 0 spiro atoms. The van der Waals surface area contributed by atoms with Gasteiger partial charge in [-0.1, -0.05) is 12.1 Å². The summed E-state index contributed by atoms with van der Waals surface area (Å²) in [5, 5.41) is 0. The highest BCUT2D eigenvalue weighted by molar-refractivity contribution is 5.93. The number of esters is 1. The summed E-state index contributed by atoms with van der Waals surface area (Å²) >= 11 is 0. The number of rotatable bonds is 11. The second-order valence-corrected chi connectivity index (χ2v) is 7.72. The fraction of sp³-hybridized carbons (Fsp3) is 0.462. The minimum Gasteiger partial charge on any atom is -0.495 e. The zero-order valence-corrected chi connectivity index (χ0v) is 20.9. The van der Waals surface area contributed by atoms with Crippen LogP contribution < -0.4 is 23.8 Å². The number of anilines is 1. The maximum absolute atomic E-state index is 12.8. The van der Waals surface area contributed by atoms with E-state index in [1.165, 1.54) is 0 Å². The summed E-state index contributed by atoms with van der Waals surface area (Å²) in [5.74, 6) is 1.17. The molecule has 1 heterocycles. The lowest BCUT2D eigenvalue weighted by Gasteiger charge is -2.36. The van der Waals surface area contributed by atoms with Crippen molar-refractivity contribution in [2.45, 2.75) is 20.8 Å². The summed E-state index contributed by atoms with van der Waals surface area (Å²) in [6.07, 6.45) is 0. The molecular formula is C26H34N2O7. The molecular weight excluding hydrogens is 452 g/mol. The van der Waals surface area contributed by atoms with Crippen LogP contribution in [0.1, 0.15) is 31.1 Å². The number of hydrogen-bond donors (Lipinski definition) is 0. The van der Waals surface area contributed by atoms with Crippen LogP contribution in [0, 0.1) is 0 Å². The minimum absolute atomic E-state index is 0.231. The topological polar surface area (TPSA) is 86.8 Å². The molecule has 190 valence electrons. The van der Waals surface area contributed by atoms with Gasteiger partial charge in [0, 0.05) is 26.2 Å². The first-order valence-electron chi connectivity index (χ1n) is 11.9. The first-order valence-corrected chi connectivity index (χ1v) is 11.9. The highest BCUT2D eigenvalue weighted by atomic mass is 16.5. The Hall–Kier alpha value is -3.62. The fourth-order valence-electron chi connectivity index (χ4n) is 3.90. The molecule has 0 N–H and O–H groups in total. The molecule has 35 heavy (non-hydrogen) atoms. The van der Waals surface area contributed by atoms with Gasteiger partial charge in [0.25, 0.3) is 5.91 Å². The van der Waals surface area contributed by atoms with Crippen LogP contribution in [0.4, 0.5) is 5.69 Å². The van der Waals surface area contributed by atoms with Crippen molar-refractivity contribution in [3.05, 3.63) is 42.0 Å². The number of benzene rings is 2. The summed E-state index contributed by atoms with van der Waals surface area (Å²) in [4.78, 5) is 29.4. The average molecular weight is 487 g/mol. The molecule has 2 aromatic carbocycles. The van der Waals surface area contributed by atoms with E-state index in [-0.39, 0.29) is 18.1 Å². The van der Waals surface area contributed by atoms with Gasteiger partial charge in [0.2, 0.25) is 5.75 Å². The third kappa shape index (κ3) is 6.49. The molecule has 0 unspecified atom stereocenters. The zero-order chi connectivity index (χ0) is 25.2. The van der Waals surface area contributed by atoms with Gasteiger partial charge in [0.05, 0.1) is 38.2 Å². The van der Waals surface area contributed by atoms with E-state index < -0.39 is 5.97 Å². The average Bonchev–Trinajstić information content (AvgIpc) is 2.89. The Bertz CT molecular complexity index is 976. The van der Waals surface area contributed by atoms with Gasteiger partial charge < -0.3 is 33.5 Å². The Morgan fingerprint density at radius 1 is 0.829 bits per heavy atom. The summed E-state index contributed by atoms with van der Waals surface area (Å²) in [5.41, 5.74) is 1.23. The number of piperazine rings is 1. The van der Waals surface area contributed by atoms with E-state index in [0.717, 1.165) is 11.4 Å². The number of hydrogen-bond acceptors (Lipinski definition) is 8. The van der Waals surface area contributed by atoms with Crippen molar-refractivity contribution in [2.24, 2.45) is 0 Å². The van der Waals surface area contributed by atoms with Crippen LogP contribution >= 0.6 is 0 Å². The summed E-state index contributed by atoms with van der Waals surface area (Å²) in [6.45, 7) is 8.78. The Morgan fingerprint density at radius 2 is 1.43 bits per heavy atom. The molecule has 0 bridgehead atoms. The van der Waals surface area contributed by atoms with Gasteiger partial charge in [0.1, 0.15) is 5.75 Å². The lowest BCUT2D eigenvalue weighted by atomic mass is 10.2. The molecule has 1 amide bonds. The highest BCUT2D eigenvalue weighted by Gasteiger charge is 2.25. The number of para-hydroxylation sites is 2. The van der Waals surface area contributed by atoms with E-state index in [4.69, 9.17) is 23.7 Å². The predicted octanol–water partition coefficient (Wildman–Crippen LogP) is 3.40. The summed E-state index contributed by atoms with van der Waals surface area (Å²) < 4.78 is 27.7. The third-order valence-corrected chi connectivity index (χ3v) is 5.53. The SMILES string of the molecule is CCOc1cc(C(=O)OCC(=O)N2CCN(c3ccccc3OC)CC2)cc(OCC)c1OCC. The number of methoxy groups -OCH3 is 1. The maximum atomic E-state index is 12.8. The highest BCUT2D eigenvalue weighted by Crippen LogP contribution is 2.39. The Balaban J connectivity index is 1.60. The van der Waals surface area contributed by atoms with Crippen LogP contribution in [-0.4, -0.2) is 76.5 Å². The van der Waals surface area contributed by atoms with Gasteiger partial charge in [-0.15, -0.1) is 0 Å². The van der Waals surface area contributed by atoms with Crippen LogP contribution in [0.3, 0.4) is 0 Å². The van der Waals surface area contributed by atoms with E-state index in [1.807, 2.05) is 45.0 Å². The first kappa shape index (κ1) is 26.0. The number of carbonyl (C=O) groups is 2. The Kier molecular flexibility index (Phi) is 9.46. The second kappa shape index (κ2) is 12.7. The van der Waals surface area contributed by atoms with Crippen LogP contribution in [0.5, 0.6) is 23.0 Å². The van der Waals surface area contributed by atoms with Crippen molar-refractivity contribution in [1.29, 1.82) is 0 Å². The molecule has 0 atom stereocenters. The number of amides is 1. The van der Waals surface area contributed by atoms with E-state index in [1.54, 1.807) is 24.1 Å². The Morgan fingerprint density at radius 3 is 2.00 bits per heavy atom. The van der Waals surface area contributed by atoms with E-state index in [2.05, 4.69) is 4.90 Å². The largest absolute Gasteiger partial charge is 0.495 e. The zero-order valence-electron chi connectivity index (χ0n) is 20.9. The standard InChI is InChI=1S/C26H34N2O7/c1-5-32-22-16-19(17-23(33-6-2)25(22)34-7-3)26(30)35-18-24(29)28-14-12-27(13-15-28)20-10-8-9-11-21(20)31-4/h8-11,16-17H,5-7,12-15,18H2,1-4H3. The van der Waals surface area contributed by atoms with Gasteiger partial charge in [0.15, 0.2) is 18.1 Å². The number of ether oxygens (including phenoxy) is 5. The molecule has 1 saturated heterocycles. The summed E-state index contributed by atoms with van der Waals surface area (Å²) in [6, 6.07) is 10.9. The molecule has 1 fully saturated rings. The molecule has 9 heteroatoms. The lowest BCUT2D eigenvalue weighted by molar-refractivity contribution is -0.134. The quantitative estimate of drug-likeness (QED) is 0.447. The molecule has 3 rings (SSSR count). The molecule has 0 aliphatic carbocycles. The normalized spacial score (nSPS) is 13.3. The Labute approximate surface area is 206 Å². The monoisotopic (exact) mass is 486 g/mol. The number of nitrogens with zero attached hydrogens (tertiary/aromatic N) is 2. The fourth-order valence-corrected chi connectivity index (χ4v) is 3.90. The molecule has 1 aliphatic heterocycles. The number of carbonyl (C=O) groups excluding carboxylic acids is 2. The second-order valence-electron chi connectivity index (χ2n) is 7.72. The van der Waals surface area contributed by atoms with Gasteiger partial charge >= 0.3 is 5.97 Å². The first-order chi connectivity index (χ1) is 17.0. The molecule has 0 aromatic heterocycles. The minimum atomic E-state index is -0.629. The van der Waals surface area contributed by atoms with E-state index in [0.29, 0.717) is 63.2 Å². The van der Waals surface area contributed by atoms with Crippen LogP contribution in [-0.2, 0) is 9.53 Å². The predicted molar refractivity (Wildman–Crippen MR) is 132 cm³/mol. The molecule has 2 aromatic rings. The van der Waals surface area contributed by atoms with Crippen molar-refractivity contribution < 1.29 is 33.3 Å². The van der Waals surface area contributed by atoms with Gasteiger partial charge in [-0.3, -0.25) is 4.79 Å². The van der Waals surface area contributed by atoms with Crippen molar-refractivity contribution in [1.82, 2.24) is 4.90 Å². The molecule has 1 aliphatic rings. The van der Waals surface area contributed by atoms with Crippen LogP contribution in [0.15, 0.2) is 36.4 Å². The van der Waals surface area contributed by atoms with Crippen LogP contribution in [0.2, 0.25) is 0 Å². The molecule has 9 nitrogen and oxygen atoms in total. The van der Waals surface area contributed by atoms with Crippen molar-refractivity contribution in [3.63, 3.8) is 0 Å².